The van der Waals surface area contributed by atoms with E-state index in [-0.39, 0.29) is 13.1 Å². The van der Waals surface area contributed by atoms with Gasteiger partial charge < -0.3 is 10.6 Å². The minimum absolute atomic E-state index is 0.0588. The summed E-state index contributed by atoms with van der Waals surface area (Å²) in [7, 11) is 0. The van der Waals surface area contributed by atoms with Crippen LogP contribution in [-0.2, 0) is 0 Å². The molecule has 5 heteroatoms. The van der Waals surface area contributed by atoms with Crippen molar-refractivity contribution in [2.24, 2.45) is 23.5 Å². The molecule has 1 aliphatic heterocycles. The fourth-order valence-corrected chi connectivity index (χ4v) is 2.20. The molecule has 0 aromatic rings. The van der Waals surface area contributed by atoms with Crippen molar-refractivity contribution in [3.05, 3.63) is 0 Å². The third kappa shape index (κ3) is 3.63. The maximum atomic E-state index is 12.5. The van der Waals surface area contributed by atoms with E-state index >= 15 is 0 Å². The van der Waals surface area contributed by atoms with Gasteiger partial charge in [-0.05, 0) is 24.8 Å². The van der Waals surface area contributed by atoms with Crippen LogP contribution in [0.2, 0.25) is 0 Å². The maximum Gasteiger partial charge on any atom is 0.394 e. The number of likely N-dealkylation sites (tertiary alicyclic amines) is 1. The van der Waals surface area contributed by atoms with E-state index in [9.17, 15) is 13.2 Å². The quantitative estimate of drug-likeness (QED) is 0.812. The highest BCUT2D eigenvalue weighted by Gasteiger charge is 2.40. The van der Waals surface area contributed by atoms with Crippen LogP contribution >= 0.6 is 0 Å². The Balaban J connectivity index is 2.44. The minimum Gasteiger partial charge on any atom is -0.330 e. The molecule has 0 aromatic heterocycles. The second kappa shape index (κ2) is 5.36. The molecule has 2 N–H and O–H groups in total. The smallest absolute Gasteiger partial charge is 0.330 e. The highest BCUT2D eigenvalue weighted by Crippen LogP contribution is 2.29. The molecule has 1 rings (SSSR count). The first-order chi connectivity index (χ1) is 7.34. The molecule has 0 aromatic carbocycles. The number of halogens is 3. The van der Waals surface area contributed by atoms with Crippen LogP contribution in [0, 0.1) is 17.8 Å². The van der Waals surface area contributed by atoms with E-state index in [4.69, 9.17) is 5.73 Å². The van der Waals surface area contributed by atoms with Gasteiger partial charge in [-0.2, -0.15) is 13.2 Å². The fourth-order valence-electron chi connectivity index (χ4n) is 2.20. The first-order valence-corrected chi connectivity index (χ1v) is 5.83. The summed E-state index contributed by atoms with van der Waals surface area (Å²) in [5.41, 5.74) is 5.18. The van der Waals surface area contributed by atoms with Gasteiger partial charge in [-0.1, -0.05) is 13.8 Å². The molecule has 1 heterocycles. The Morgan fingerprint density at radius 2 is 2.00 bits per heavy atom. The predicted molar refractivity (Wildman–Crippen MR) is 58.0 cm³/mol. The lowest BCUT2D eigenvalue weighted by Gasteiger charge is -2.25. The Kier molecular flexibility index (Phi) is 4.62. The number of hydrogen-bond donors (Lipinski definition) is 1. The number of nitrogens with two attached hydrogens (primary N) is 1. The molecule has 96 valence electrons. The Morgan fingerprint density at radius 1 is 1.38 bits per heavy atom. The van der Waals surface area contributed by atoms with Gasteiger partial charge in [0, 0.05) is 19.6 Å². The second-order valence-electron chi connectivity index (χ2n) is 5.03. The summed E-state index contributed by atoms with van der Waals surface area (Å²) in [5, 5.41) is 0. The molecule has 2 nitrogen and oxygen atoms in total. The van der Waals surface area contributed by atoms with Crippen LogP contribution in [0.5, 0.6) is 0 Å². The van der Waals surface area contributed by atoms with E-state index in [0.717, 1.165) is 19.5 Å². The lowest BCUT2D eigenvalue weighted by atomic mass is 9.95. The zero-order valence-electron chi connectivity index (χ0n) is 9.93. The summed E-state index contributed by atoms with van der Waals surface area (Å²) in [4.78, 5) is 1.90. The zero-order chi connectivity index (χ0) is 12.3. The maximum absolute atomic E-state index is 12.5. The molecular formula is C11H21F3N2. The zero-order valence-corrected chi connectivity index (χ0v) is 9.93. The lowest BCUT2D eigenvalue weighted by Crippen LogP contribution is -2.40. The molecule has 0 spiro atoms. The number of nitrogens with zero attached hydrogens (tertiary/aromatic N) is 1. The van der Waals surface area contributed by atoms with Crippen molar-refractivity contribution in [1.29, 1.82) is 0 Å². The van der Waals surface area contributed by atoms with E-state index in [1.165, 1.54) is 0 Å². The monoisotopic (exact) mass is 238 g/mol. The predicted octanol–water partition coefficient (Wildman–Crippen LogP) is 2.10. The van der Waals surface area contributed by atoms with Gasteiger partial charge in [0.2, 0.25) is 0 Å². The number of alkyl halides is 3. The SMILES string of the molecule is CC(C)C1CCN(CC(CN)C(F)(F)F)C1. The molecule has 0 radical (unpaired) electrons. The summed E-state index contributed by atoms with van der Waals surface area (Å²) >= 11 is 0. The van der Waals surface area contributed by atoms with Gasteiger partial charge in [-0.15, -0.1) is 0 Å². The Labute approximate surface area is 95.0 Å². The van der Waals surface area contributed by atoms with E-state index < -0.39 is 12.1 Å². The third-order valence-corrected chi connectivity index (χ3v) is 3.48. The third-order valence-electron chi connectivity index (χ3n) is 3.48. The molecule has 1 saturated heterocycles. The van der Waals surface area contributed by atoms with Crippen LogP contribution in [0.1, 0.15) is 20.3 Å². The highest BCUT2D eigenvalue weighted by atomic mass is 19.4. The Hall–Kier alpha value is -0.290. The van der Waals surface area contributed by atoms with Crippen molar-refractivity contribution in [3.63, 3.8) is 0 Å². The first-order valence-electron chi connectivity index (χ1n) is 5.83. The van der Waals surface area contributed by atoms with Crippen LogP contribution in [0.15, 0.2) is 0 Å². The average Bonchev–Trinajstić information content (AvgIpc) is 2.60. The van der Waals surface area contributed by atoms with Crippen LogP contribution < -0.4 is 5.73 Å². The number of rotatable bonds is 4. The van der Waals surface area contributed by atoms with Gasteiger partial charge in [0.1, 0.15) is 0 Å². The standard InChI is InChI=1S/C11H21F3N2/c1-8(2)9-3-4-16(6-9)7-10(5-15)11(12,13)14/h8-10H,3-7,15H2,1-2H3. The highest BCUT2D eigenvalue weighted by molar-refractivity contribution is 4.81. The largest absolute Gasteiger partial charge is 0.394 e. The summed E-state index contributed by atoms with van der Waals surface area (Å²) in [6.07, 6.45) is -3.16. The average molecular weight is 238 g/mol. The van der Waals surface area contributed by atoms with Gasteiger partial charge in [0.25, 0.3) is 0 Å². The van der Waals surface area contributed by atoms with Crippen molar-refractivity contribution < 1.29 is 13.2 Å². The van der Waals surface area contributed by atoms with Gasteiger partial charge in [0.05, 0.1) is 5.92 Å². The Bertz CT molecular complexity index is 216. The van der Waals surface area contributed by atoms with Gasteiger partial charge in [-0.25, -0.2) is 0 Å². The van der Waals surface area contributed by atoms with Crippen LogP contribution in [0.25, 0.3) is 0 Å². The molecule has 0 amide bonds. The molecule has 0 aliphatic carbocycles. The first kappa shape index (κ1) is 13.8. The van der Waals surface area contributed by atoms with Gasteiger partial charge in [-0.3, -0.25) is 0 Å². The van der Waals surface area contributed by atoms with E-state index in [1.54, 1.807) is 0 Å². The van der Waals surface area contributed by atoms with E-state index in [2.05, 4.69) is 13.8 Å². The van der Waals surface area contributed by atoms with Crippen molar-refractivity contribution in [3.8, 4) is 0 Å². The minimum atomic E-state index is -4.16. The normalized spacial score (nSPS) is 25.3. The van der Waals surface area contributed by atoms with Gasteiger partial charge in [0.15, 0.2) is 0 Å². The summed E-state index contributed by atoms with van der Waals surface area (Å²) in [5.74, 6) is -0.294. The molecule has 1 fully saturated rings. The van der Waals surface area contributed by atoms with Crippen molar-refractivity contribution >= 4 is 0 Å². The fraction of sp³-hybridized carbons (Fsp3) is 1.00. The van der Waals surface area contributed by atoms with Crippen molar-refractivity contribution in [2.45, 2.75) is 26.4 Å². The van der Waals surface area contributed by atoms with Crippen LogP contribution in [0.4, 0.5) is 13.2 Å². The molecule has 2 atom stereocenters. The molecule has 1 aliphatic rings. The van der Waals surface area contributed by atoms with Crippen LogP contribution in [-0.4, -0.2) is 37.3 Å². The molecule has 0 bridgehead atoms. The topological polar surface area (TPSA) is 29.3 Å². The molecule has 2 unspecified atom stereocenters. The summed E-state index contributed by atoms with van der Waals surface area (Å²) in [6, 6.07) is 0. The second-order valence-corrected chi connectivity index (χ2v) is 5.03. The Morgan fingerprint density at radius 3 is 2.38 bits per heavy atom. The summed E-state index contributed by atoms with van der Waals surface area (Å²) < 4.78 is 37.6. The van der Waals surface area contributed by atoms with Crippen molar-refractivity contribution in [1.82, 2.24) is 4.90 Å². The molecule has 16 heavy (non-hydrogen) atoms. The molecule has 0 saturated carbocycles. The van der Waals surface area contributed by atoms with Crippen LogP contribution in [0.3, 0.4) is 0 Å². The van der Waals surface area contributed by atoms with Crippen molar-refractivity contribution in [2.75, 3.05) is 26.2 Å². The molecular weight excluding hydrogens is 217 g/mol. The van der Waals surface area contributed by atoms with E-state index in [1.807, 2.05) is 4.90 Å². The lowest BCUT2D eigenvalue weighted by molar-refractivity contribution is -0.175. The van der Waals surface area contributed by atoms with Gasteiger partial charge >= 0.3 is 6.18 Å². The number of hydrogen-bond acceptors (Lipinski definition) is 2. The summed E-state index contributed by atoms with van der Waals surface area (Å²) in [6.45, 7) is 5.55. The van der Waals surface area contributed by atoms with E-state index in [0.29, 0.717) is 11.8 Å².